The first kappa shape index (κ1) is 9.48. The number of rotatable bonds is 1. The second kappa shape index (κ2) is 3.25. The zero-order chi connectivity index (χ0) is 10.2. The van der Waals surface area contributed by atoms with Gasteiger partial charge in [0.05, 0.1) is 11.5 Å². The Kier molecular flexibility index (Phi) is 2.20. The number of fused-ring (bicyclic) bond motifs is 1. The molecule has 0 spiro atoms. The summed E-state index contributed by atoms with van der Waals surface area (Å²) in [5.74, 6) is 0.561. The zero-order valence-electron chi connectivity index (χ0n) is 7.43. The van der Waals surface area contributed by atoms with Crippen molar-refractivity contribution in [1.29, 1.82) is 0 Å². The van der Waals surface area contributed by atoms with Crippen LogP contribution in [0, 0.1) is 0 Å². The third kappa shape index (κ3) is 1.73. The van der Waals surface area contributed by atoms with Gasteiger partial charge in [-0.25, -0.2) is 0 Å². The highest BCUT2D eigenvalue weighted by Gasteiger charge is 2.15. The maximum atomic E-state index is 10.8. The fourth-order valence-electron chi connectivity index (χ4n) is 1.48. The Morgan fingerprint density at radius 1 is 1.36 bits per heavy atom. The van der Waals surface area contributed by atoms with Gasteiger partial charge in [-0.15, -0.1) is 0 Å². The highest BCUT2D eigenvalue weighted by atomic mass is 32.2. The molecule has 1 N–H and O–H groups in total. The van der Waals surface area contributed by atoms with Gasteiger partial charge in [0.25, 0.3) is 10.1 Å². The Labute approximate surface area is 82.3 Å². The van der Waals surface area contributed by atoms with Crippen molar-refractivity contribution in [2.24, 2.45) is 0 Å². The lowest BCUT2D eigenvalue weighted by atomic mass is 10.1. The summed E-state index contributed by atoms with van der Waals surface area (Å²) >= 11 is 0. The summed E-state index contributed by atoms with van der Waals surface area (Å²) in [6.45, 7) is 0.599. The van der Waals surface area contributed by atoms with Crippen LogP contribution in [0.1, 0.15) is 12.0 Å². The van der Waals surface area contributed by atoms with Crippen LogP contribution in [0.25, 0.3) is 0 Å². The molecule has 76 valence electrons. The van der Waals surface area contributed by atoms with E-state index >= 15 is 0 Å². The van der Waals surface area contributed by atoms with E-state index in [0.717, 1.165) is 18.4 Å². The lowest BCUT2D eigenvalue weighted by Gasteiger charge is -2.17. The molecular weight excluding hydrogens is 204 g/mol. The predicted molar refractivity (Wildman–Crippen MR) is 50.1 cm³/mol. The highest BCUT2D eigenvalue weighted by Crippen LogP contribution is 2.27. The molecule has 4 nitrogen and oxygen atoms in total. The molecule has 0 bridgehead atoms. The van der Waals surface area contributed by atoms with Gasteiger partial charge in [-0.3, -0.25) is 4.55 Å². The van der Waals surface area contributed by atoms with E-state index in [0.29, 0.717) is 12.4 Å². The second-order valence-electron chi connectivity index (χ2n) is 3.20. The molecule has 5 heteroatoms. The number of ether oxygens (including phenoxy) is 1. The minimum Gasteiger partial charge on any atom is -0.493 e. The number of hydrogen-bond acceptors (Lipinski definition) is 3. The topological polar surface area (TPSA) is 63.6 Å². The maximum Gasteiger partial charge on any atom is 0.294 e. The van der Waals surface area contributed by atoms with E-state index in [1.807, 2.05) is 0 Å². The van der Waals surface area contributed by atoms with Crippen molar-refractivity contribution in [3.8, 4) is 5.75 Å². The van der Waals surface area contributed by atoms with Crippen molar-refractivity contribution in [3.05, 3.63) is 23.8 Å². The fraction of sp³-hybridized carbons (Fsp3) is 0.333. The molecule has 0 fully saturated rings. The van der Waals surface area contributed by atoms with Crippen molar-refractivity contribution in [1.82, 2.24) is 0 Å². The minimum atomic E-state index is -4.12. The van der Waals surface area contributed by atoms with E-state index in [4.69, 9.17) is 9.29 Å². The smallest absolute Gasteiger partial charge is 0.294 e. The Hall–Kier alpha value is -1.07. The molecule has 14 heavy (non-hydrogen) atoms. The highest BCUT2D eigenvalue weighted by molar-refractivity contribution is 7.85. The molecule has 1 aromatic rings. The normalized spacial score (nSPS) is 15.8. The molecule has 0 aliphatic carbocycles. The second-order valence-corrected chi connectivity index (χ2v) is 4.62. The van der Waals surface area contributed by atoms with Crippen molar-refractivity contribution in [2.45, 2.75) is 17.7 Å². The largest absolute Gasteiger partial charge is 0.493 e. The van der Waals surface area contributed by atoms with Gasteiger partial charge in [0.2, 0.25) is 0 Å². The molecule has 0 radical (unpaired) electrons. The van der Waals surface area contributed by atoms with Gasteiger partial charge < -0.3 is 4.74 Å². The van der Waals surface area contributed by atoms with Crippen LogP contribution in [0.2, 0.25) is 0 Å². The predicted octanol–water partition coefficient (Wildman–Crippen LogP) is 1.26. The molecular formula is C9H10O4S. The van der Waals surface area contributed by atoms with Crippen LogP contribution in [-0.2, 0) is 16.5 Å². The van der Waals surface area contributed by atoms with Crippen LogP contribution in [0.5, 0.6) is 5.75 Å². The molecule has 2 rings (SSSR count). The van der Waals surface area contributed by atoms with Gasteiger partial charge in [-0.1, -0.05) is 6.07 Å². The Bertz CT molecular complexity index is 450. The summed E-state index contributed by atoms with van der Waals surface area (Å²) in [4.78, 5) is -0.113. The average molecular weight is 214 g/mol. The third-order valence-corrected chi connectivity index (χ3v) is 3.03. The van der Waals surface area contributed by atoms with Gasteiger partial charge in [-0.05, 0) is 24.5 Å². The summed E-state index contributed by atoms with van der Waals surface area (Å²) in [5.41, 5.74) is 0.989. The summed E-state index contributed by atoms with van der Waals surface area (Å²) in [7, 11) is -4.12. The molecule has 1 aliphatic rings. The Morgan fingerprint density at radius 3 is 2.86 bits per heavy atom. The Balaban J connectivity index is 2.49. The molecule has 0 atom stereocenters. The van der Waals surface area contributed by atoms with Crippen LogP contribution in [-0.4, -0.2) is 19.6 Å². The lowest BCUT2D eigenvalue weighted by Crippen LogP contribution is -2.09. The SMILES string of the molecule is O=S(=O)(O)c1ccc2c(c1)OCCC2. The summed E-state index contributed by atoms with van der Waals surface area (Å²) < 4.78 is 35.7. The first-order valence-electron chi connectivity index (χ1n) is 4.30. The molecule has 0 amide bonds. The van der Waals surface area contributed by atoms with E-state index < -0.39 is 10.1 Å². The molecule has 1 heterocycles. The monoisotopic (exact) mass is 214 g/mol. The van der Waals surface area contributed by atoms with E-state index in [1.54, 1.807) is 6.07 Å². The molecule has 1 aromatic carbocycles. The maximum absolute atomic E-state index is 10.8. The van der Waals surface area contributed by atoms with E-state index in [1.165, 1.54) is 12.1 Å². The molecule has 1 aliphatic heterocycles. The number of aryl methyl sites for hydroxylation is 1. The van der Waals surface area contributed by atoms with Gasteiger partial charge in [0, 0.05) is 6.07 Å². The molecule has 0 saturated carbocycles. The fourth-order valence-corrected chi connectivity index (χ4v) is 1.98. The Morgan fingerprint density at radius 2 is 2.14 bits per heavy atom. The standard InChI is InChI=1S/C9H10O4S/c10-14(11,12)8-4-3-7-2-1-5-13-9(7)6-8/h3-4,6H,1-2,5H2,(H,10,11,12). The molecule has 0 saturated heterocycles. The van der Waals surface area contributed by atoms with Gasteiger partial charge in [-0.2, -0.15) is 8.42 Å². The van der Waals surface area contributed by atoms with Crippen LogP contribution in [0.4, 0.5) is 0 Å². The van der Waals surface area contributed by atoms with Gasteiger partial charge in [0.1, 0.15) is 5.75 Å². The van der Waals surface area contributed by atoms with Crippen molar-refractivity contribution in [3.63, 3.8) is 0 Å². The van der Waals surface area contributed by atoms with Crippen LogP contribution >= 0.6 is 0 Å². The van der Waals surface area contributed by atoms with Crippen molar-refractivity contribution >= 4 is 10.1 Å². The first-order valence-corrected chi connectivity index (χ1v) is 5.74. The summed E-state index contributed by atoms with van der Waals surface area (Å²) in [6.07, 6.45) is 1.83. The van der Waals surface area contributed by atoms with E-state index in [2.05, 4.69) is 0 Å². The molecule has 0 aromatic heterocycles. The first-order chi connectivity index (χ1) is 6.57. The summed E-state index contributed by atoms with van der Waals surface area (Å²) in [6, 6.07) is 4.43. The minimum absolute atomic E-state index is 0.113. The number of benzene rings is 1. The lowest BCUT2D eigenvalue weighted by molar-refractivity contribution is 0.287. The van der Waals surface area contributed by atoms with Crippen molar-refractivity contribution in [2.75, 3.05) is 6.61 Å². The van der Waals surface area contributed by atoms with Gasteiger partial charge >= 0.3 is 0 Å². The zero-order valence-corrected chi connectivity index (χ0v) is 8.25. The average Bonchev–Trinajstić information content (AvgIpc) is 2.16. The number of hydrogen-bond donors (Lipinski definition) is 1. The van der Waals surface area contributed by atoms with Crippen LogP contribution < -0.4 is 4.74 Å². The van der Waals surface area contributed by atoms with Crippen LogP contribution in [0.3, 0.4) is 0 Å². The molecule has 0 unspecified atom stereocenters. The third-order valence-electron chi connectivity index (χ3n) is 2.18. The van der Waals surface area contributed by atoms with Crippen LogP contribution in [0.15, 0.2) is 23.1 Å². The summed E-state index contributed by atoms with van der Waals surface area (Å²) in [5, 5.41) is 0. The van der Waals surface area contributed by atoms with E-state index in [-0.39, 0.29) is 4.90 Å². The van der Waals surface area contributed by atoms with Crippen molar-refractivity contribution < 1.29 is 17.7 Å². The van der Waals surface area contributed by atoms with Gasteiger partial charge in [0.15, 0.2) is 0 Å². The van der Waals surface area contributed by atoms with E-state index in [9.17, 15) is 8.42 Å². The quantitative estimate of drug-likeness (QED) is 0.715.